The van der Waals surface area contributed by atoms with Crippen molar-refractivity contribution in [3.05, 3.63) is 33.2 Å². The monoisotopic (exact) mass is 259 g/mol. The average molecular weight is 259 g/mol. The number of hydrogen-bond donors (Lipinski definition) is 1. The van der Waals surface area contributed by atoms with Crippen LogP contribution in [0, 0.1) is 17.2 Å². The molecule has 1 aromatic rings. The summed E-state index contributed by atoms with van der Waals surface area (Å²) >= 11 is 0. The summed E-state index contributed by atoms with van der Waals surface area (Å²) in [6, 6.07) is 4.03. The Morgan fingerprint density at radius 2 is 2.37 bits per heavy atom. The van der Waals surface area contributed by atoms with Crippen molar-refractivity contribution in [3.63, 3.8) is 0 Å². The SMILES string of the molecule is CC(=O)N1CCc2cc(CC(C)C#N)c(=O)[nH]c2C1. The topological polar surface area (TPSA) is 77.0 Å². The van der Waals surface area contributed by atoms with Gasteiger partial charge in [0.25, 0.3) is 5.56 Å². The quantitative estimate of drug-likeness (QED) is 0.860. The fourth-order valence-electron chi connectivity index (χ4n) is 2.35. The second-order valence-corrected chi connectivity index (χ2v) is 5.05. The van der Waals surface area contributed by atoms with Crippen LogP contribution in [0.15, 0.2) is 10.9 Å². The van der Waals surface area contributed by atoms with Crippen molar-refractivity contribution < 1.29 is 4.79 Å². The fraction of sp³-hybridized carbons (Fsp3) is 0.500. The Kier molecular flexibility index (Phi) is 3.70. The van der Waals surface area contributed by atoms with Gasteiger partial charge in [0.1, 0.15) is 0 Å². The van der Waals surface area contributed by atoms with E-state index in [0.717, 1.165) is 17.7 Å². The van der Waals surface area contributed by atoms with Gasteiger partial charge in [-0.15, -0.1) is 0 Å². The predicted octanol–water partition coefficient (Wildman–Crippen LogP) is 0.982. The number of nitrogens with one attached hydrogen (secondary N) is 1. The summed E-state index contributed by atoms with van der Waals surface area (Å²) in [5.41, 5.74) is 2.41. The van der Waals surface area contributed by atoms with E-state index in [0.29, 0.717) is 25.1 Å². The number of pyridine rings is 1. The number of fused-ring (bicyclic) bond motifs is 1. The van der Waals surface area contributed by atoms with Crippen molar-refractivity contribution in [2.75, 3.05) is 6.54 Å². The number of rotatable bonds is 2. The van der Waals surface area contributed by atoms with Crippen LogP contribution in [0.4, 0.5) is 0 Å². The molecular weight excluding hydrogens is 242 g/mol. The summed E-state index contributed by atoms with van der Waals surface area (Å²) in [6.45, 7) is 4.48. The van der Waals surface area contributed by atoms with Crippen LogP contribution in [0.3, 0.4) is 0 Å². The first kappa shape index (κ1) is 13.3. The molecule has 1 N–H and O–H groups in total. The molecule has 0 aliphatic carbocycles. The Bertz CT molecular complexity index is 598. The van der Waals surface area contributed by atoms with Crippen LogP contribution in [-0.4, -0.2) is 22.3 Å². The molecule has 0 radical (unpaired) electrons. The summed E-state index contributed by atoms with van der Waals surface area (Å²) in [5.74, 6) is -0.148. The van der Waals surface area contributed by atoms with Crippen molar-refractivity contribution in [2.45, 2.75) is 33.2 Å². The van der Waals surface area contributed by atoms with Gasteiger partial charge in [-0.25, -0.2) is 0 Å². The van der Waals surface area contributed by atoms with E-state index in [1.165, 1.54) is 6.92 Å². The summed E-state index contributed by atoms with van der Waals surface area (Å²) in [7, 11) is 0. The van der Waals surface area contributed by atoms with Gasteiger partial charge in [0, 0.05) is 30.6 Å². The molecule has 0 aromatic carbocycles. The number of nitriles is 1. The van der Waals surface area contributed by atoms with E-state index >= 15 is 0 Å². The van der Waals surface area contributed by atoms with Crippen molar-refractivity contribution in [1.82, 2.24) is 9.88 Å². The number of aromatic nitrogens is 1. The molecule has 1 atom stereocenters. The summed E-state index contributed by atoms with van der Waals surface area (Å²) in [6.07, 6.45) is 1.22. The van der Waals surface area contributed by atoms with Gasteiger partial charge in [-0.05, 0) is 31.4 Å². The third-order valence-electron chi connectivity index (χ3n) is 3.48. The molecule has 19 heavy (non-hydrogen) atoms. The molecule has 0 bridgehead atoms. The average Bonchev–Trinajstić information content (AvgIpc) is 2.38. The predicted molar refractivity (Wildman–Crippen MR) is 70.3 cm³/mol. The first-order valence-electron chi connectivity index (χ1n) is 6.40. The maximum Gasteiger partial charge on any atom is 0.251 e. The fourth-order valence-corrected chi connectivity index (χ4v) is 2.35. The van der Waals surface area contributed by atoms with E-state index in [4.69, 9.17) is 5.26 Å². The van der Waals surface area contributed by atoms with Gasteiger partial charge in [-0.3, -0.25) is 9.59 Å². The number of H-pyrrole nitrogens is 1. The number of carbonyl (C=O) groups excluding carboxylic acids is 1. The van der Waals surface area contributed by atoms with Crippen LogP contribution < -0.4 is 5.56 Å². The zero-order chi connectivity index (χ0) is 14.0. The van der Waals surface area contributed by atoms with Crippen molar-refractivity contribution in [1.29, 1.82) is 5.26 Å². The molecule has 0 spiro atoms. The number of amides is 1. The number of aromatic amines is 1. The second kappa shape index (κ2) is 5.27. The minimum absolute atomic E-state index is 0.0219. The molecule has 0 fully saturated rings. The second-order valence-electron chi connectivity index (χ2n) is 5.05. The van der Waals surface area contributed by atoms with E-state index in [2.05, 4.69) is 11.1 Å². The van der Waals surface area contributed by atoms with Crippen LogP contribution in [0.1, 0.15) is 30.7 Å². The molecule has 1 unspecified atom stereocenters. The van der Waals surface area contributed by atoms with Gasteiger partial charge in [0.2, 0.25) is 5.91 Å². The van der Waals surface area contributed by atoms with E-state index in [9.17, 15) is 9.59 Å². The smallest absolute Gasteiger partial charge is 0.251 e. The molecule has 2 rings (SSSR count). The minimum Gasteiger partial charge on any atom is -0.337 e. The lowest BCUT2D eigenvalue weighted by atomic mass is 9.98. The van der Waals surface area contributed by atoms with Gasteiger partial charge < -0.3 is 9.88 Å². The molecule has 1 aliphatic rings. The highest BCUT2D eigenvalue weighted by Crippen LogP contribution is 2.17. The maximum absolute atomic E-state index is 12.0. The molecule has 2 heterocycles. The Hall–Kier alpha value is -2.09. The molecule has 1 amide bonds. The summed E-state index contributed by atoms with van der Waals surface area (Å²) in [4.78, 5) is 27.9. The first-order chi connectivity index (χ1) is 9.01. The largest absolute Gasteiger partial charge is 0.337 e. The molecule has 1 aliphatic heterocycles. The van der Waals surface area contributed by atoms with Crippen molar-refractivity contribution >= 4 is 5.91 Å². The van der Waals surface area contributed by atoms with E-state index < -0.39 is 0 Å². The van der Waals surface area contributed by atoms with Crippen molar-refractivity contribution in [3.8, 4) is 6.07 Å². The molecular formula is C14H17N3O2. The van der Waals surface area contributed by atoms with Crippen LogP contribution in [0.2, 0.25) is 0 Å². The van der Waals surface area contributed by atoms with Crippen LogP contribution in [0.5, 0.6) is 0 Å². The van der Waals surface area contributed by atoms with Gasteiger partial charge in [-0.2, -0.15) is 5.26 Å². The molecule has 100 valence electrons. The van der Waals surface area contributed by atoms with Gasteiger partial charge in [0.05, 0.1) is 12.6 Å². The minimum atomic E-state index is -0.170. The van der Waals surface area contributed by atoms with Gasteiger partial charge in [0.15, 0.2) is 0 Å². The first-order valence-corrected chi connectivity index (χ1v) is 6.40. The van der Waals surface area contributed by atoms with E-state index in [1.807, 2.05) is 6.07 Å². The standard InChI is InChI=1S/C14H17N3O2/c1-9(7-15)5-12-6-11-3-4-17(10(2)18)8-13(11)16-14(12)19/h6,9H,3-5,8H2,1-2H3,(H,16,19). The molecule has 5 heteroatoms. The lowest BCUT2D eigenvalue weighted by Gasteiger charge is -2.27. The number of hydrogen-bond acceptors (Lipinski definition) is 3. The highest BCUT2D eigenvalue weighted by molar-refractivity contribution is 5.73. The molecule has 1 aromatic heterocycles. The third kappa shape index (κ3) is 2.84. The normalized spacial score (nSPS) is 15.5. The lowest BCUT2D eigenvalue weighted by molar-refractivity contribution is -0.129. The number of nitrogens with zero attached hydrogens (tertiary/aromatic N) is 2. The highest BCUT2D eigenvalue weighted by atomic mass is 16.2. The molecule has 5 nitrogen and oxygen atoms in total. The van der Waals surface area contributed by atoms with Gasteiger partial charge >= 0.3 is 0 Å². The Labute approximate surface area is 111 Å². The zero-order valence-corrected chi connectivity index (χ0v) is 11.2. The van der Waals surface area contributed by atoms with E-state index in [-0.39, 0.29) is 17.4 Å². The van der Waals surface area contributed by atoms with Crippen LogP contribution >= 0.6 is 0 Å². The molecule has 0 saturated heterocycles. The highest BCUT2D eigenvalue weighted by Gasteiger charge is 2.20. The third-order valence-corrected chi connectivity index (χ3v) is 3.48. The lowest BCUT2D eigenvalue weighted by Crippen LogP contribution is -2.36. The van der Waals surface area contributed by atoms with Crippen LogP contribution in [0.25, 0.3) is 0 Å². The summed E-state index contributed by atoms with van der Waals surface area (Å²) in [5, 5.41) is 8.81. The molecule has 0 saturated carbocycles. The van der Waals surface area contributed by atoms with Crippen LogP contribution in [-0.2, 0) is 24.2 Å². The zero-order valence-electron chi connectivity index (χ0n) is 11.2. The maximum atomic E-state index is 12.0. The van der Waals surface area contributed by atoms with E-state index in [1.54, 1.807) is 11.8 Å². The summed E-state index contributed by atoms with van der Waals surface area (Å²) < 4.78 is 0. The Morgan fingerprint density at radius 1 is 1.63 bits per heavy atom. The number of carbonyl (C=O) groups is 1. The Balaban J connectivity index is 2.29. The van der Waals surface area contributed by atoms with Crippen molar-refractivity contribution in [2.24, 2.45) is 5.92 Å². The Morgan fingerprint density at radius 3 is 3.00 bits per heavy atom. The van der Waals surface area contributed by atoms with Gasteiger partial charge in [-0.1, -0.05) is 0 Å².